The largest absolute Gasteiger partial charge is 0.394 e. The Hall–Kier alpha value is -1.79. The molecule has 0 aliphatic heterocycles. The number of benzene rings is 1. The highest BCUT2D eigenvalue weighted by Crippen LogP contribution is 2.35. The summed E-state index contributed by atoms with van der Waals surface area (Å²) in [5.74, 6) is 1.01. The third-order valence-electron chi connectivity index (χ3n) is 5.10. The molecule has 0 bridgehead atoms. The van der Waals surface area contributed by atoms with Gasteiger partial charge in [-0.15, -0.1) is 11.8 Å². The Morgan fingerprint density at radius 3 is 2.69 bits per heavy atom. The van der Waals surface area contributed by atoms with Crippen molar-refractivity contribution in [1.29, 1.82) is 0 Å². The SMILES string of the molecule is CSc1ccc(C(CC2CCCC2)C(=O)Nc2ccn(CCO)n2)cc1. The van der Waals surface area contributed by atoms with Gasteiger partial charge in [-0.05, 0) is 36.3 Å². The fourth-order valence-corrected chi connectivity index (χ4v) is 4.09. The van der Waals surface area contributed by atoms with Crippen LogP contribution in [-0.2, 0) is 11.3 Å². The zero-order valence-electron chi connectivity index (χ0n) is 15.2. The van der Waals surface area contributed by atoms with Crippen molar-refractivity contribution in [2.75, 3.05) is 18.2 Å². The summed E-state index contributed by atoms with van der Waals surface area (Å²) in [5.41, 5.74) is 1.07. The number of carbonyl (C=O) groups excluding carboxylic acids is 1. The fraction of sp³-hybridized carbons (Fsp3) is 0.500. The van der Waals surface area contributed by atoms with E-state index in [1.54, 1.807) is 28.7 Å². The van der Waals surface area contributed by atoms with Crippen LogP contribution in [-0.4, -0.2) is 33.7 Å². The monoisotopic (exact) mass is 373 g/mol. The lowest BCUT2D eigenvalue weighted by molar-refractivity contribution is -0.118. The van der Waals surface area contributed by atoms with Gasteiger partial charge in [-0.1, -0.05) is 37.8 Å². The van der Waals surface area contributed by atoms with Crippen molar-refractivity contribution in [3.8, 4) is 0 Å². The van der Waals surface area contributed by atoms with Crippen LogP contribution in [0.5, 0.6) is 0 Å². The number of carbonyl (C=O) groups is 1. The van der Waals surface area contributed by atoms with E-state index in [1.165, 1.54) is 30.6 Å². The molecule has 1 atom stereocenters. The molecule has 1 amide bonds. The Morgan fingerprint density at radius 1 is 1.31 bits per heavy atom. The van der Waals surface area contributed by atoms with E-state index in [9.17, 15) is 4.79 Å². The van der Waals surface area contributed by atoms with Crippen LogP contribution in [0.25, 0.3) is 0 Å². The van der Waals surface area contributed by atoms with Gasteiger partial charge in [0.25, 0.3) is 0 Å². The third kappa shape index (κ3) is 4.89. The molecule has 1 unspecified atom stereocenters. The predicted molar refractivity (Wildman–Crippen MR) is 105 cm³/mol. The smallest absolute Gasteiger partial charge is 0.233 e. The van der Waals surface area contributed by atoms with E-state index in [2.05, 4.69) is 40.9 Å². The molecule has 1 aliphatic carbocycles. The number of nitrogens with one attached hydrogen (secondary N) is 1. The van der Waals surface area contributed by atoms with Gasteiger partial charge in [-0.2, -0.15) is 5.10 Å². The van der Waals surface area contributed by atoms with Crippen LogP contribution < -0.4 is 5.32 Å². The first-order chi connectivity index (χ1) is 12.7. The highest BCUT2D eigenvalue weighted by Gasteiger charge is 2.27. The zero-order chi connectivity index (χ0) is 18.4. The minimum absolute atomic E-state index is 0.00282. The molecule has 2 N–H and O–H groups in total. The van der Waals surface area contributed by atoms with E-state index in [0.717, 1.165) is 12.0 Å². The molecule has 1 aliphatic rings. The van der Waals surface area contributed by atoms with Crippen molar-refractivity contribution in [2.24, 2.45) is 5.92 Å². The maximum atomic E-state index is 13.0. The highest BCUT2D eigenvalue weighted by atomic mass is 32.2. The summed E-state index contributed by atoms with van der Waals surface area (Å²) in [4.78, 5) is 14.2. The summed E-state index contributed by atoms with van der Waals surface area (Å²) in [5, 5.41) is 16.3. The maximum absolute atomic E-state index is 13.0. The second-order valence-corrected chi connectivity index (χ2v) is 7.77. The van der Waals surface area contributed by atoms with Crippen LogP contribution in [0.4, 0.5) is 5.82 Å². The van der Waals surface area contributed by atoms with Gasteiger partial charge >= 0.3 is 0 Å². The Morgan fingerprint density at radius 2 is 2.04 bits per heavy atom. The maximum Gasteiger partial charge on any atom is 0.233 e. The predicted octanol–water partition coefficient (Wildman–Crippen LogP) is 3.90. The Kier molecular flexibility index (Phi) is 6.74. The number of rotatable bonds is 8. The first kappa shape index (κ1) is 19.0. The number of thioether (sulfide) groups is 1. The summed E-state index contributed by atoms with van der Waals surface area (Å²) in [6.45, 7) is 0.457. The van der Waals surface area contributed by atoms with Crippen molar-refractivity contribution in [3.05, 3.63) is 42.1 Å². The Bertz CT molecular complexity index is 708. The highest BCUT2D eigenvalue weighted by molar-refractivity contribution is 7.98. The number of hydrogen-bond acceptors (Lipinski definition) is 4. The number of amides is 1. The molecule has 26 heavy (non-hydrogen) atoms. The standard InChI is InChI=1S/C20H27N3O2S/c1-26-17-8-6-16(7-9-17)18(14-15-4-2-3-5-15)20(25)21-19-10-11-23(22-19)12-13-24/h6-11,15,18,24H,2-5,12-14H2,1H3,(H,21,22,25). The second-order valence-electron chi connectivity index (χ2n) is 6.89. The molecule has 1 aromatic heterocycles. The molecule has 6 heteroatoms. The average molecular weight is 374 g/mol. The van der Waals surface area contributed by atoms with Crippen LogP contribution >= 0.6 is 11.8 Å². The Labute approximate surface area is 159 Å². The topological polar surface area (TPSA) is 67.2 Å². The Balaban J connectivity index is 1.74. The van der Waals surface area contributed by atoms with Gasteiger partial charge in [0.1, 0.15) is 0 Å². The van der Waals surface area contributed by atoms with Crippen LogP contribution in [0.2, 0.25) is 0 Å². The minimum Gasteiger partial charge on any atom is -0.394 e. The van der Waals surface area contributed by atoms with Gasteiger partial charge in [-0.25, -0.2) is 0 Å². The van der Waals surface area contributed by atoms with Crippen molar-refractivity contribution < 1.29 is 9.90 Å². The summed E-state index contributed by atoms with van der Waals surface area (Å²) in [6.07, 6.45) is 9.70. The molecule has 5 nitrogen and oxygen atoms in total. The van der Waals surface area contributed by atoms with Crippen molar-refractivity contribution in [2.45, 2.75) is 49.5 Å². The number of aliphatic hydroxyl groups is 1. The van der Waals surface area contributed by atoms with E-state index >= 15 is 0 Å². The molecule has 1 heterocycles. The zero-order valence-corrected chi connectivity index (χ0v) is 16.0. The van der Waals surface area contributed by atoms with Crippen LogP contribution in [0, 0.1) is 5.92 Å². The van der Waals surface area contributed by atoms with Crippen LogP contribution in [0.1, 0.15) is 43.6 Å². The van der Waals surface area contributed by atoms with E-state index in [-0.39, 0.29) is 18.4 Å². The van der Waals surface area contributed by atoms with E-state index < -0.39 is 0 Å². The molecule has 0 saturated heterocycles. The van der Waals surface area contributed by atoms with Crippen LogP contribution in [0.3, 0.4) is 0 Å². The molecule has 1 aromatic carbocycles. The van der Waals surface area contributed by atoms with Gasteiger partial charge < -0.3 is 10.4 Å². The molecular weight excluding hydrogens is 346 g/mol. The number of aliphatic hydroxyl groups excluding tert-OH is 1. The summed E-state index contributed by atoms with van der Waals surface area (Å²) in [7, 11) is 0. The summed E-state index contributed by atoms with van der Waals surface area (Å²) in [6, 6.07) is 10.1. The molecule has 1 saturated carbocycles. The molecule has 2 aromatic rings. The van der Waals surface area contributed by atoms with Crippen molar-refractivity contribution in [3.63, 3.8) is 0 Å². The minimum atomic E-state index is -0.156. The molecule has 0 radical (unpaired) electrons. The number of nitrogens with zero attached hydrogens (tertiary/aromatic N) is 2. The molecular formula is C20H27N3O2S. The molecule has 0 spiro atoms. The van der Waals surface area contributed by atoms with E-state index in [0.29, 0.717) is 18.3 Å². The summed E-state index contributed by atoms with van der Waals surface area (Å²) < 4.78 is 1.63. The average Bonchev–Trinajstić information content (AvgIpc) is 3.32. The lowest BCUT2D eigenvalue weighted by Crippen LogP contribution is -2.23. The number of hydrogen-bond donors (Lipinski definition) is 2. The first-order valence-electron chi connectivity index (χ1n) is 9.28. The van der Waals surface area contributed by atoms with Gasteiger partial charge in [-0.3, -0.25) is 9.48 Å². The first-order valence-corrected chi connectivity index (χ1v) is 10.5. The lowest BCUT2D eigenvalue weighted by atomic mass is 9.87. The number of anilines is 1. The van der Waals surface area contributed by atoms with Crippen molar-refractivity contribution in [1.82, 2.24) is 9.78 Å². The third-order valence-corrected chi connectivity index (χ3v) is 5.84. The van der Waals surface area contributed by atoms with Gasteiger partial charge in [0.2, 0.25) is 5.91 Å². The summed E-state index contributed by atoms with van der Waals surface area (Å²) >= 11 is 1.71. The van der Waals surface area contributed by atoms with Gasteiger partial charge in [0, 0.05) is 17.2 Å². The van der Waals surface area contributed by atoms with E-state index in [1.807, 2.05) is 0 Å². The van der Waals surface area contributed by atoms with Crippen molar-refractivity contribution >= 4 is 23.5 Å². The molecule has 140 valence electrons. The lowest BCUT2D eigenvalue weighted by Gasteiger charge is -2.20. The number of aromatic nitrogens is 2. The molecule has 3 rings (SSSR count). The second kappa shape index (κ2) is 9.24. The van der Waals surface area contributed by atoms with Gasteiger partial charge in [0.05, 0.1) is 19.1 Å². The van der Waals surface area contributed by atoms with Gasteiger partial charge in [0.15, 0.2) is 5.82 Å². The van der Waals surface area contributed by atoms with E-state index in [4.69, 9.17) is 5.11 Å². The van der Waals surface area contributed by atoms with Crippen LogP contribution in [0.15, 0.2) is 41.4 Å². The quantitative estimate of drug-likeness (QED) is 0.689. The normalized spacial score (nSPS) is 15.9. The molecule has 1 fully saturated rings. The fourth-order valence-electron chi connectivity index (χ4n) is 3.68.